The molecule has 2 unspecified atom stereocenters. The van der Waals surface area contributed by atoms with Gasteiger partial charge in [-0.3, -0.25) is 0 Å². The molecule has 3 heteroatoms. The van der Waals surface area contributed by atoms with Gasteiger partial charge in [-0.25, -0.2) is 0 Å². The Bertz CT molecular complexity index is 520. The summed E-state index contributed by atoms with van der Waals surface area (Å²) >= 11 is 7.57. The molecule has 0 fully saturated rings. The van der Waals surface area contributed by atoms with Gasteiger partial charge in [-0.15, -0.1) is 11.3 Å². The van der Waals surface area contributed by atoms with Crippen LogP contribution in [0.1, 0.15) is 28.0 Å². The highest BCUT2D eigenvalue weighted by Crippen LogP contribution is 2.46. The molecule has 1 aliphatic carbocycles. The van der Waals surface area contributed by atoms with Crippen LogP contribution in [0, 0.1) is 0 Å². The molecule has 1 aliphatic rings. The summed E-state index contributed by atoms with van der Waals surface area (Å²) in [5.74, 6) is 0.215. The predicted octanol–water partition coefficient (Wildman–Crippen LogP) is 3.77. The van der Waals surface area contributed by atoms with Crippen LogP contribution in [-0.4, -0.2) is 5.11 Å². The Morgan fingerprint density at radius 3 is 2.81 bits per heavy atom. The maximum Gasteiger partial charge on any atom is 0.0968 e. The van der Waals surface area contributed by atoms with Crippen LogP contribution in [-0.2, 0) is 6.42 Å². The maximum atomic E-state index is 10.3. The van der Waals surface area contributed by atoms with E-state index in [1.807, 2.05) is 23.6 Å². The van der Waals surface area contributed by atoms with Gasteiger partial charge in [0, 0.05) is 5.92 Å². The van der Waals surface area contributed by atoms with Gasteiger partial charge in [-0.05, 0) is 29.0 Å². The van der Waals surface area contributed by atoms with E-state index in [9.17, 15) is 5.11 Å². The Morgan fingerprint density at radius 2 is 2.12 bits per heavy atom. The van der Waals surface area contributed by atoms with Crippen molar-refractivity contribution in [2.45, 2.75) is 18.4 Å². The van der Waals surface area contributed by atoms with E-state index in [4.69, 9.17) is 11.6 Å². The van der Waals surface area contributed by atoms with Gasteiger partial charge in [0.25, 0.3) is 0 Å². The van der Waals surface area contributed by atoms with Crippen molar-refractivity contribution in [1.82, 2.24) is 0 Å². The SMILES string of the molecule is OC(c1sccc1Cl)C1Cc2ccccc21. The van der Waals surface area contributed by atoms with Crippen LogP contribution < -0.4 is 0 Å². The lowest BCUT2D eigenvalue weighted by Gasteiger charge is -2.33. The van der Waals surface area contributed by atoms with Crippen molar-refractivity contribution in [1.29, 1.82) is 0 Å². The van der Waals surface area contributed by atoms with E-state index in [2.05, 4.69) is 12.1 Å². The zero-order chi connectivity index (χ0) is 11.1. The quantitative estimate of drug-likeness (QED) is 0.860. The van der Waals surface area contributed by atoms with E-state index < -0.39 is 6.10 Å². The normalized spacial score (nSPS) is 20.0. The molecular formula is C13H11ClOS. The Morgan fingerprint density at radius 1 is 1.31 bits per heavy atom. The van der Waals surface area contributed by atoms with Gasteiger partial charge >= 0.3 is 0 Å². The smallest absolute Gasteiger partial charge is 0.0968 e. The summed E-state index contributed by atoms with van der Waals surface area (Å²) in [6.07, 6.45) is 0.494. The standard InChI is InChI=1S/C13H11ClOS/c14-11-5-6-16-13(11)12(15)10-7-8-3-1-2-4-9(8)10/h1-6,10,12,15H,7H2. The third-order valence-electron chi connectivity index (χ3n) is 3.19. The minimum Gasteiger partial charge on any atom is -0.387 e. The van der Waals surface area contributed by atoms with Gasteiger partial charge in [-0.2, -0.15) is 0 Å². The first-order valence-electron chi connectivity index (χ1n) is 5.26. The summed E-state index contributed by atoms with van der Waals surface area (Å²) in [5, 5.41) is 12.9. The van der Waals surface area contributed by atoms with Gasteiger partial charge in [0.1, 0.15) is 0 Å². The largest absolute Gasteiger partial charge is 0.387 e. The number of hydrogen-bond acceptors (Lipinski definition) is 2. The molecule has 1 heterocycles. The van der Waals surface area contributed by atoms with Gasteiger partial charge in [0.2, 0.25) is 0 Å². The molecule has 0 spiro atoms. The lowest BCUT2D eigenvalue weighted by atomic mass is 9.74. The molecule has 0 radical (unpaired) electrons. The zero-order valence-corrected chi connectivity index (χ0v) is 10.1. The van der Waals surface area contributed by atoms with Crippen molar-refractivity contribution in [2.24, 2.45) is 0 Å². The number of fused-ring (bicyclic) bond motifs is 1. The predicted molar refractivity (Wildman–Crippen MR) is 67.2 cm³/mol. The fraction of sp³-hybridized carbons (Fsp3) is 0.231. The van der Waals surface area contributed by atoms with E-state index in [1.54, 1.807) is 0 Å². The molecular weight excluding hydrogens is 240 g/mol. The van der Waals surface area contributed by atoms with E-state index in [0.29, 0.717) is 5.02 Å². The summed E-state index contributed by atoms with van der Waals surface area (Å²) in [4.78, 5) is 0.890. The summed E-state index contributed by atoms with van der Waals surface area (Å²) in [6.45, 7) is 0. The number of aliphatic hydroxyl groups excluding tert-OH is 1. The number of hydrogen-bond donors (Lipinski definition) is 1. The topological polar surface area (TPSA) is 20.2 Å². The molecule has 1 nitrogen and oxygen atoms in total. The minimum atomic E-state index is -0.456. The number of thiophene rings is 1. The molecule has 2 aromatic rings. The summed E-state index contributed by atoms with van der Waals surface area (Å²) < 4.78 is 0. The molecule has 1 aromatic heterocycles. The molecule has 3 rings (SSSR count). The first kappa shape index (κ1) is 10.3. The van der Waals surface area contributed by atoms with Crippen LogP contribution >= 0.6 is 22.9 Å². The number of halogens is 1. The van der Waals surface area contributed by atoms with Crippen LogP contribution in [0.3, 0.4) is 0 Å². The fourth-order valence-corrected chi connectivity index (χ4v) is 3.50. The van der Waals surface area contributed by atoms with Gasteiger partial charge in [0.05, 0.1) is 16.0 Å². The molecule has 0 amide bonds. The summed E-state index contributed by atoms with van der Waals surface area (Å²) in [7, 11) is 0. The third-order valence-corrected chi connectivity index (χ3v) is 4.62. The van der Waals surface area contributed by atoms with Gasteiger partial charge < -0.3 is 5.11 Å². The molecule has 2 atom stereocenters. The second-order valence-electron chi connectivity index (χ2n) is 4.09. The summed E-state index contributed by atoms with van der Waals surface area (Å²) in [5.41, 5.74) is 2.61. The molecule has 1 N–H and O–H groups in total. The molecule has 0 aliphatic heterocycles. The molecule has 16 heavy (non-hydrogen) atoms. The van der Waals surface area contributed by atoms with E-state index in [1.165, 1.54) is 22.5 Å². The summed E-state index contributed by atoms with van der Waals surface area (Å²) in [6, 6.07) is 10.1. The lowest BCUT2D eigenvalue weighted by molar-refractivity contribution is 0.138. The Kier molecular flexibility index (Phi) is 2.51. The van der Waals surface area contributed by atoms with Crippen LogP contribution in [0.15, 0.2) is 35.7 Å². The van der Waals surface area contributed by atoms with Crippen molar-refractivity contribution in [3.63, 3.8) is 0 Å². The number of rotatable bonds is 2. The first-order valence-corrected chi connectivity index (χ1v) is 6.52. The molecule has 0 bridgehead atoms. The fourth-order valence-electron chi connectivity index (χ4n) is 2.28. The second kappa shape index (κ2) is 3.88. The van der Waals surface area contributed by atoms with Crippen LogP contribution in [0.5, 0.6) is 0 Å². The number of benzene rings is 1. The molecule has 82 valence electrons. The van der Waals surface area contributed by atoms with Crippen molar-refractivity contribution >= 4 is 22.9 Å². The Hall–Kier alpha value is -0.830. The van der Waals surface area contributed by atoms with Crippen LogP contribution in [0.4, 0.5) is 0 Å². The maximum absolute atomic E-state index is 10.3. The third kappa shape index (κ3) is 1.49. The zero-order valence-electron chi connectivity index (χ0n) is 8.56. The van der Waals surface area contributed by atoms with Gasteiger partial charge in [-0.1, -0.05) is 35.9 Å². The van der Waals surface area contributed by atoms with E-state index >= 15 is 0 Å². The highest BCUT2D eigenvalue weighted by molar-refractivity contribution is 7.10. The van der Waals surface area contributed by atoms with E-state index in [0.717, 1.165) is 11.3 Å². The second-order valence-corrected chi connectivity index (χ2v) is 5.44. The first-order chi connectivity index (χ1) is 7.77. The van der Waals surface area contributed by atoms with Crippen LogP contribution in [0.25, 0.3) is 0 Å². The van der Waals surface area contributed by atoms with Crippen molar-refractivity contribution in [2.75, 3.05) is 0 Å². The minimum absolute atomic E-state index is 0.215. The number of aliphatic hydroxyl groups is 1. The molecule has 0 saturated heterocycles. The highest BCUT2D eigenvalue weighted by atomic mass is 35.5. The van der Waals surface area contributed by atoms with Crippen molar-refractivity contribution in [3.05, 3.63) is 56.7 Å². The Balaban J connectivity index is 1.90. The average Bonchev–Trinajstić information content (AvgIpc) is 2.66. The molecule has 0 saturated carbocycles. The van der Waals surface area contributed by atoms with Gasteiger partial charge in [0.15, 0.2) is 0 Å². The van der Waals surface area contributed by atoms with Crippen molar-refractivity contribution < 1.29 is 5.11 Å². The highest BCUT2D eigenvalue weighted by Gasteiger charge is 2.33. The van der Waals surface area contributed by atoms with Crippen molar-refractivity contribution in [3.8, 4) is 0 Å². The average molecular weight is 251 g/mol. The van der Waals surface area contributed by atoms with Crippen LogP contribution in [0.2, 0.25) is 5.02 Å². The monoisotopic (exact) mass is 250 g/mol. The Labute approximate surface area is 103 Å². The van der Waals surface area contributed by atoms with E-state index in [-0.39, 0.29) is 5.92 Å². The molecule has 1 aromatic carbocycles. The lowest BCUT2D eigenvalue weighted by Crippen LogP contribution is -2.23.